The number of aliphatic hydroxyl groups excluding tert-OH is 7. The maximum Gasteiger partial charge on any atom is 0.306 e. The number of unbranched alkanes of at least 4 members (excludes halogenated alkanes) is 22. The molecule has 2 rings (SSSR count). The van der Waals surface area contributed by atoms with Crippen molar-refractivity contribution in [2.45, 2.75) is 261 Å². The summed E-state index contributed by atoms with van der Waals surface area (Å²) in [5, 5.41) is 72.0. The summed E-state index contributed by atoms with van der Waals surface area (Å²) in [5.74, 6) is -0.940. The predicted octanol–water partition coefficient (Wildman–Crippen LogP) is 7.16. The zero-order chi connectivity index (χ0) is 48.2. The fraction of sp³-hybridized carbons (Fsp3) is 0.882. The lowest BCUT2D eigenvalue weighted by atomic mass is 9.98. The Balaban J connectivity index is 1.82. The van der Waals surface area contributed by atoms with Gasteiger partial charge in [-0.05, 0) is 64.2 Å². The number of carbonyl (C=O) groups is 2. The zero-order valence-electron chi connectivity index (χ0n) is 40.7. The van der Waals surface area contributed by atoms with E-state index in [1.54, 1.807) is 0 Å². The molecule has 0 aromatic rings. The van der Waals surface area contributed by atoms with Gasteiger partial charge in [0, 0.05) is 12.8 Å². The quantitative estimate of drug-likeness (QED) is 0.0184. The topological polar surface area (TPSA) is 231 Å². The summed E-state index contributed by atoms with van der Waals surface area (Å²) in [7, 11) is 0. The van der Waals surface area contributed by atoms with Crippen LogP contribution in [0.2, 0.25) is 0 Å². The van der Waals surface area contributed by atoms with E-state index in [4.69, 9.17) is 28.4 Å². The lowest BCUT2D eigenvalue weighted by molar-refractivity contribution is -0.332. The van der Waals surface area contributed by atoms with Crippen molar-refractivity contribution in [1.82, 2.24) is 0 Å². The van der Waals surface area contributed by atoms with Gasteiger partial charge in [-0.3, -0.25) is 9.59 Å². The molecule has 7 N–H and O–H groups in total. The monoisotopic (exact) mass is 945 g/mol. The fourth-order valence-corrected chi connectivity index (χ4v) is 8.09. The Morgan fingerprint density at radius 1 is 0.470 bits per heavy atom. The minimum Gasteiger partial charge on any atom is -0.462 e. The molecule has 0 spiro atoms. The molecule has 15 nitrogen and oxygen atoms in total. The largest absolute Gasteiger partial charge is 0.462 e. The molecule has 0 bridgehead atoms. The van der Waals surface area contributed by atoms with E-state index in [0.29, 0.717) is 12.8 Å². The molecule has 0 aromatic heterocycles. The van der Waals surface area contributed by atoms with Crippen molar-refractivity contribution >= 4 is 11.9 Å². The van der Waals surface area contributed by atoms with Gasteiger partial charge >= 0.3 is 11.9 Å². The van der Waals surface area contributed by atoms with Crippen LogP contribution in [0.4, 0.5) is 0 Å². The second-order valence-corrected chi connectivity index (χ2v) is 18.3. The van der Waals surface area contributed by atoms with E-state index in [-0.39, 0.29) is 26.1 Å². The lowest BCUT2D eigenvalue weighted by Crippen LogP contribution is -2.61. The second kappa shape index (κ2) is 38.8. The van der Waals surface area contributed by atoms with Crippen LogP contribution in [-0.4, -0.2) is 142 Å². The second-order valence-electron chi connectivity index (χ2n) is 18.3. The van der Waals surface area contributed by atoms with Crippen LogP contribution in [-0.2, 0) is 38.0 Å². The molecule has 15 heteroatoms. The Kier molecular flexibility index (Phi) is 35.3. The van der Waals surface area contributed by atoms with Gasteiger partial charge in [0.15, 0.2) is 18.7 Å². The molecular formula is C51H92O15. The predicted molar refractivity (Wildman–Crippen MR) is 252 cm³/mol. The maximum absolute atomic E-state index is 13.0. The van der Waals surface area contributed by atoms with Crippen molar-refractivity contribution in [3.63, 3.8) is 0 Å². The number of esters is 2. The van der Waals surface area contributed by atoms with E-state index < -0.39 is 92.7 Å². The molecule has 0 radical (unpaired) electrons. The molecule has 2 heterocycles. The molecule has 66 heavy (non-hydrogen) atoms. The summed E-state index contributed by atoms with van der Waals surface area (Å²) < 4.78 is 33.6. The molecule has 0 saturated carbocycles. The van der Waals surface area contributed by atoms with E-state index in [1.807, 2.05) is 0 Å². The SMILES string of the molecule is CCCCCCCC/C=C/CCCCCCCC(=O)OCC(CO[C@@H]1O[C@H](CO[C@H]2O[C@H](CO)[C@H](O)[C@H](O)[C@H]2O)[C@H](O)[C@H](O)[C@H]1O)OC(=O)CCCCCCC/C=C/CCCCCCCC. The standard InChI is InChI=1S/C51H92O15/c1-3-5-7-9-11-13-15-17-19-21-23-25-27-29-31-33-42(53)61-36-39(64-43(54)34-32-30-28-26-24-22-20-18-16-14-12-10-8-6-4-2)37-62-50-49(60)47(58)45(56)41(66-50)38-63-51-48(59)46(57)44(55)40(35-52)65-51/h17-20,39-41,44-52,55-60H,3-16,21-38H2,1-2H3/b19-17+,20-18+/t39?,40-,41-,44+,45+,46+,47+,48-,49-,50-,51+/m1/s1. The molecule has 2 aliphatic rings. The molecule has 11 atom stereocenters. The van der Waals surface area contributed by atoms with Crippen LogP contribution >= 0.6 is 0 Å². The van der Waals surface area contributed by atoms with Gasteiger partial charge in [-0.25, -0.2) is 0 Å². The van der Waals surface area contributed by atoms with Crippen LogP contribution in [0.25, 0.3) is 0 Å². The Hall–Kier alpha value is -2.02. The highest BCUT2D eigenvalue weighted by Gasteiger charge is 2.47. The highest BCUT2D eigenvalue weighted by molar-refractivity contribution is 5.70. The minimum absolute atomic E-state index is 0.155. The molecular weight excluding hydrogens is 853 g/mol. The van der Waals surface area contributed by atoms with E-state index in [1.165, 1.54) is 77.0 Å². The Morgan fingerprint density at radius 2 is 0.864 bits per heavy atom. The first-order valence-electron chi connectivity index (χ1n) is 25.9. The number of rotatable bonds is 40. The zero-order valence-corrected chi connectivity index (χ0v) is 40.7. The molecule has 0 aliphatic carbocycles. The van der Waals surface area contributed by atoms with Crippen molar-refractivity contribution in [3.8, 4) is 0 Å². The summed E-state index contributed by atoms with van der Waals surface area (Å²) >= 11 is 0. The van der Waals surface area contributed by atoms with E-state index in [2.05, 4.69) is 38.2 Å². The summed E-state index contributed by atoms with van der Waals surface area (Å²) in [6, 6.07) is 0. The number of hydrogen-bond donors (Lipinski definition) is 7. The molecule has 0 amide bonds. The molecule has 0 aromatic carbocycles. The Labute approximate surface area is 396 Å². The highest BCUT2D eigenvalue weighted by atomic mass is 16.7. The third-order valence-corrected chi connectivity index (χ3v) is 12.4. The number of allylic oxidation sites excluding steroid dienone is 4. The first kappa shape index (κ1) is 60.1. The summed E-state index contributed by atoms with van der Waals surface area (Å²) in [4.78, 5) is 25.7. The van der Waals surface area contributed by atoms with Crippen molar-refractivity contribution in [2.75, 3.05) is 26.4 Å². The molecule has 1 unspecified atom stereocenters. The van der Waals surface area contributed by atoms with E-state index in [0.717, 1.165) is 77.0 Å². The van der Waals surface area contributed by atoms with Gasteiger partial charge in [0.05, 0.1) is 19.8 Å². The molecule has 2 saturated heterocycles. The normalized spacial score (nSPS) is 26.3. The number of hydrogen-bond acceptors (Lipinski definition) is 15. The van der Waals surface area contributed by atoms with Crippen LogP contribution in [0, 0.1) is 0 Å². The fourth-order valence-electron chi connectivity index (χ4n) is 8.09. The van der Waals surface area contributed by atoms with Crippen LogP contribution in [0.1, 0.15) is 194 Å². The van der Waals surface area contributed by atoms with Crippen molar-refractivity contribution in [1.29, 1.82) is 0 Å². The first-order chi connectivity index (χ1) is 32.0. The summed E-state index contributed by atoms with van der Waals surface area (Å²) in [6.45, 7) is 2.57. The third kappa shape index (κ3) is 26.7. The number of ether oxygens (including phenoxy) is 6. The summed E-state index contributed by atoms with van der Waals surface area (Å²) in [6.07, 6.45) is 22.0. The molecule has 2 aliphatic heterocycles. The maximum atomic E-state index is 13.0. The van der Waals surface area contributed by atoms with Crippen molar-refractivity contribution in [3.05, 3.63) is 24.3 Å². The molecule has 386 valence electrons. The number of carbonyl (C=O) groups excluding carboxylic acids is 2. The highest BCUT2D eigenvalue weighted by Crippen LogP contribution is 2.26. The van der Waals surface area contributed by atoms with Gasteiger partial charge < -0.3 is 64.2 Å². The van der Waals surface area contributed by atoms with E-state index >= 15 is 0 Å². The van der Waals surface area contributed by atoms with Gasteiger partial charge in [0.2, 0.25) is 0 Å². The molecule has 2 fully saturated rings. The van der Waals surface area contributed by atoms with Gasteiger partial charge in [-0.1, -0.05) is 141 Å². The van der Waals surface area contributed by atoms with Gasteiger partial charge in [0.1, 0.15) is 55.4 Å². The van der Waals surface area contributed by atoms with Gasteiger partial charge in [0.25, 0.3) is 0 Å². The average Bonchev–Trinajstić information content (AvgIpc) is 3.31. The van der Waals surface area contributed by atoms with Crippen molar-refractivity contribution in [2.24, 2.45) is 0 Å². The smallest absolute Gasteiger partial charge is 0.306 e. The number of aliphatic hydroxyl groups is 7. The van der Waals surface area contributed by atoms with Crippen LogP contribution in [0.5, 0.6) is 0 Å². The van der Waals surface area contributed by atoms with Crippen molar-refractivity contribution < 1.29 is 73.8 Å². The van der Waals surface area contributed by atoms with Gasteiger partial charge in [-0.15, -0.1) is 0 Å². The third-order valence-electron chi connectivity index (χ3n) is 12.4. The Morgan fingerprint density at radius 3 is 1.33 bits per heavy atom. The van der Waals surface area contributed by atoms with Crippen LogP contribution in [0.3, 0.4) is 0 Å². The lowest BCUT2D eigenvalue weighted by Gasteiger charge is -2.42. The average molecular weight is 945 g/mol. The van der Waals surface area contributed by atoms with Gasteiger partial charge in [-0.2, -0.15) is 0 Å². The van der Waals surface area contributed by atoms with E-state index in [9.17, 15) is 45.3 Å². The summed E-state index contributed by atoms with van der Waals surface area (Å²) in [5.41, 5.74) is 0. The van der Waals surface area contributed by atoms with Crippen LogP contribution in [0.15, 0.2) is 24.3 Å². The minimum atomic E-state index is -1.77. The van der Waals surface area contributed by atoms with Crippen LogP contribution < -0.4 is 0 Å². The Bertz CT molecular complexity index is 1250. The first-order valence-corrected chi connectivity index (χ1v) is 25.9.